The highest BCUT2D eigenvalue weighted by atomic mass is 35.5. The first kappa shape index (κ1) is 23.4. The van der Waals surface area contributed by atoms with Gasteiger partial charge in [0.2, 0.25) is 6.10 Å². The number of rotatable bonds is 9. The normalized spacial score (nSPS) is 11.5. The van der Waals surface area contributed by atoms with E-state index in [2.05, 4.69) is 12.2 Å². The highest BCUT2D eigenvalue weighted by Crippen LogP contribution is 2.25. The molecule has 1 unspecified atom stereocenters. The Bertz CT molecular complexity index is 1050. The Morgan fingerprint density at radius 1 is 1.00 bits per heavy atom. The maximum Gasteiger partial charge on any atom is 0.339 e. The average molecular weight is 452 g/mol. The number of hydrogen-bond donors (Lipinski definition) is 1. The number of unbranched alkanes of at least 4 members (excludes halogenated alkanes) is 1. The van der Waals surface area contributed by atoms with Crippen LogP contribution in [0, 0.1) is 6.92 Å². The zero-order chi connectivity index (χ0) is 22.9. The molecule has 0 fully saturated rings. The van der Waals surface area contributed by atoms with E-state index in [-0.39, 0.29) is 0 Å². The van der Waals surface area contributed by atoms with E-state index in [9.17, 15) is 9.59 Å². The van der Waals surface area contributed by atoms with Crippen molar-refractivity contribution in [3.63, 3.8) is 0 Å². The summed E-state index contributed by atoms with van der Waals surface area (Å²) in [5.74, 6) is -0.386. The molecule has 1 N–H and O–H groups in total. The van der Waals surface area contributed by atoms with Gasteiger partial charge in [-0.05, 0) is 55.3 Å². The van der Waals surface area contributed by atoms with Crippen LogP contribution in [0.5, 0.6) is 5.75 Å². The summed E-state index contributed by atoms with van der Waals surface area (Å²) in [5.41, 5.74) is 2.32. The summed E-state index contributed by atoms with van der Waals surface area (Å²) in [5, 5.41) is 3.32. The first-order chi connectivity index (χ1) is 15.5. The molecular formula is C26H26ClNO4. The second kappa shape index (κ2) is 11.3. The lowest BCUT2D eigenvalue weighted by Crippen LogP contribution is -2.26. The minimum Gasteiger partial charge on any atom is -0.494 e. The molecule has 1 atom stereocenters. The van der Waals surface area contributed by atoms with Gasteiger partial charge in [-0.3, -0.25) is 4.79 Å². The number of halogens is 1. The first-order valence-corrected chi connectivity index (χ1v) is 10.9. The molecular weight excluding hydrogens is 426 g/mol. The Hall–Kier alpha value is -3.31. The molecule has 1 amide bonds. The van der Waals surface area contributed by atoms with Gasteiger partial charge < -0.3 is 14.8 Å². The summed E-state index contributed by atoms with van der Waals surface area (Å²) < 4.78 is 11.3. The van der Waals surface area contributed by atoms with Crippen LogP contribution in [0.2, 0.25) is 5.02 Å². The molecule has 0 heterocycles. The van der Waals surface area contributed by atoms with Crippen LogP contribution in [0.4, 0.5) is 5.69 Å². The predicted molar refractivity (Wildman–Crippen MR) is 126 cm³/mol. The lowest BCUT2D eigenvalue weighted by atomic mass is 10.1. The Kier molecular flexibility index (Phi) is 8.28. The van der Waals surface area contributed by atoms with Crippen LogP contribution in [-0.4, -0.2) is 18.5 Å². The van der Waals surface area contributed by atoms with Gasteiger partial charge in [-0.2, -0.15) is 0 Å². The van der Waals surface area contributed by atoms with Crippen LogP contribution >= 0.6 is 11.6 Å². The summed E-state index contributed by atoms with van der Waals surface area (Å²) in [6, 6.07) is 20.8. The fraction of sp³-hybridized carbons (Fsp3) is 0.231. The van der Waals surface area contributed by atoms with Gasteiger partial charge in [-0.1, -0.05) is 61.3 Å². The van der Waals surface area contributed by atoms with Gasteiger partial charge in [0.25, 0.3) is 5.91 Å². The molecule has 3 rings (SSSR count). The predicted octanol–water partition coefficient (Wildman–Crippen LogP) is 6.36. The molecule has 166 valence electrons. The lowest BCUT2D eigenvalue weighted by molar-refractivity contribution is -0.125. The van der Waals surface area contributed by atoms with Crippen LogP contribution in [-0.2, 0) is 9.53 Å². The van der Waals surface area contributed by atoms with Crippen molar-refractivity contribution in [2.75, 3.05) is 11.9 Å². The van der Waals surface area contributed by atoms with Crippen LogP contribution in [0.25, 0.3) is 0 Å². The number of nitrogens with one attached hydrogen (secondary N) is 1. The molecule has 0 aliphatic heterocycles. The molecule has 6 heteroatoms. The lowest BCUT2D eigenvalue weighted by Gasteiger charge is -2.18. The van der Waals surface area contributed by atoms with E-state index in [1.807, 2.05) is 19.1 Å². The standard InChI is InChI=1S/C26H26ClNO4/c1-3-4-16-31-22-14-11-20(12-15-22)26(30)32-24(19-8-6-5-7-9-19)25(29)28-21-13-10-18(2)23(27)17-21/h5-15,17,24H,3-4,16H2,1-2H3,(H,28,29). The Labute approximate surface area is 193 Å². The van der Waals surface area contributed by atoms with E-state index in [0.717, 1.165) is 18.4 Å². The monoisotopic (exact) mass is 451 g/mol. The van der Waals surface area contributed by atoms with Crippen LogP contribution in [0.15, 0.2) is 72.8 Å². The summed E-state index contributed by atoms with van der Waals surface area (Å²) in [6.45, 7) is 4.59. The van der Waals surface area contributed by atoms with Crippen molar-refractivity contribution < 1.29 is 19.1 Å². The maximum atomic E-state index is 13.0. The van der Waals surface area contributed by atoms with Gasteiger partial charge in [0, 0.05) is 16.3 Å². The quantitative estimate of drug-likeness (QED) is 0.303. The SMILES string of the molecule is CCCCOc1ccc(C(=O)OC(C(=O)Nc2ccc(C)c(Cl)c2)c2ccccc2)cc1. The van der Waals surface area contributed by atoms with E-state index in [1.54, 1.807) is 60.7 Å². The molecule has 5 nitrogen and oxygen atoms in total. The van der Waals surface area contributed by atoms with Crippen molar-refractivity contribution >= 4 is 29.2 Å². The molecule has 32 heavy (non-hydrogen) atoms. The van der Waals surface area contributed by atoms with Gasteiger partial charge in [0.1, 0.15) is 5.75 Å². The Morgan fingerprint density at radius 2 is 1.72 bits per heavy atom. The molecule has 0 aromatic heterocycles. The minimum absolute atomic E-state index is 0.333. The molecule has 0 saturated heterocycles. The molecule has 0 aliphatic rings. The number of esters is 1. The largest absolute Gasteiger partial charge is 0.494 e. The van der Waals surface area contributed by atoms with E-state index < -0.39 is 18.0 Å². The molecule has 3 aromatic carbocycles. The number of carbonyl (C=O) groups excluding carboxylic acids is 2. The summed E-state index contributed by atoms with van der Waals surface area (Å²) in [4.78, 5) is 25.8. The minimum atomic E-state index is -1.12. The number of amides is 1. The van der Waals surface area contributed by atoms with Crippen molar-refractivity contribution in [3.05, 3.63) is 94.5 Å². The number of ether oxygens (including phenoxy) is 2. The van der Waals surface area contributed by atoms with Gasteiger partial charge in [-0.25, -0.2) is 4.79 Å². The topological polar surface area (TPSA) is 64.6 Å². The van der Waals surface area contributed by atoms with Crippen molar-refractivity contribution in [1.82, 2.24) is 0 Å². The zero-order valence-corrected chi connectivity index (χ0v) is 18.9. The van der Waals surface area contributed by atoms with Gasteiger partial charge >= 0.3 is 5.97 Å². The van der Waals surface area contributed by atoms with Gasteiger partial charge in [0.15, 0.2) is 0 Å². The number of benzene rings is 3. The third-order valence-corrected chi connectivity index (χ3v) is 5.27. The molecule has 0 spiro atoms. The number of anilines is 1. The Morgan fingerprint density at radius 3 is 2.38 bits per heavy atom. The van der Waals surface area contributed by atoms with E-state index >= 15 is 0 Å². The van der Waals surface area contributed by atoms with E-state index in [0.29, 0.717) is 34.2 Å². The third-order valence-electron chi connectivity index (χ3n) is 4.86. The van der Waals surface area contributed by atoms with E-state index in [1.165, 1.54) is 0 Å². The van der Waals surface area contributed by atoms with Crippen molar-refractivity contribution in [2.45, 2.75) is 32.8 Å². The summed E-state index contributed by atoms with van der Waals surface area (Å²) in [6.07, 6.45) is 0.885. The molecule has 0 aliphatic carbocycles. The highest BCUT2D eigenvalue weighted by Gasteiger charge is 2.26. The van der Waals surface area contributed by atoms with Gasteiger partial charge in [0.05, 0.1) is 12.2 Å². The first-order valence-electron chi connectivity index (χ1n) is 10.5. The summed E-state index contributed by atoms with van der Waals surface area (Å²) in [7, 11) is 0. The number of carbonyl (C=O) groups is 2. The van der Waals surface area contributed by atoms with Crippen LogP contribution in [0.3, 0.4) is 0 Å². The van der Waals surface area contributed by atoms with Crippen LogP contribution < -0.4 is 10.1 Å². The molecule has 3 aromatic rings. The smallest absolute Gasteiger partial charge is 0.339 e. The van der Waals surface area contributed by atoms with Crippen molar-refractivity contribution in [3.8, 4) is 5.75 Å². The van der Waals surface area contributed by atoms with Crippen molar-refractivity contribution in [1.29, 1.82) is 0 Å². The Balaban J connectivity index is 1.75. The zero-order valence-electron chi connectivity index (χ0n) is 18.1. The fourth-order valence-corrected chi connectivity index (χ4v) is 3.16. The molecule has 0 bridgehead atoms. The fourth-order valence-electron chi connectivity index (χ4n) is 2.98. The second-order valence-corrected chi connectivity index (χ2v) is 7.78. The third kappa shape index (κ3) is 6.34. The number of aryl methyl sites for hydroxylation is 1. The number of hydrogen-bond acceptors (Lipinski definition) is 4. The molecule has 0 radical (unpaired) electrons. The highest BCUT2D eigenvalue weighted by molar-refractivity contribution is 6.31. The average Bonchev–Trinajstić information content (AvgIpc) is 2.81. The van der Waals surface area contributed by atoms with Crippen LogP contribution in [0.1, 0.15) is 47.4 Å². The molecule has 0 saturated carbocycles. The second-order valence-electron chi connectivity index (χ2n) is 7.38. The summed E-state index contributed by atoms with van der Waals surface area (Å²) >= 11 is 6.16. The van der Waals surface area contributed by atoms with E-state index in [4.69, 9.17) is 21.1 Å². The van der Waals surface area contributed by atoms with Gasteiger partial charge in [-0.15, -0.1) is 0 Å². The van der Waals surface area contributed by atoms with Crippen molar-refractivity contribution in [2.24, 2.45) is 0 Å². The maximum absolute atomic E-state index is 13.0.